The number of ether oxygens (including phenoxy) is 1. The van der Waals surface area contributed by atoms with Crippen LogP contribution in [0.25, 0.3) is 21.2 Å². The van der Waals surface area contributed by atoms with Crippen LogP contribution in [0.15, 0.2) is 53.0 Å². The third kappa shape index (κ3) is 2.87. The largest absolute Gasteiger partial charge is 0.469 e. The van der Waals surface area contributed by atoms with E-state index in [1.54, 1.807) is 11.3 Å². The van der Waals surface area contributed by atoms with Gasteiger partial charge in [0.2, 0.25) is 0 Å². The Bertz CT molecular complexity index is 807. The zero-order valence-electron chi connectivity index (χ0n) is 11.4. The Hall–Kier alpha value is -1.65. The fourth-order valence-corrected chi connectivity index (χ4v) is 3.82. The van der Waals surface area contributed by atoms with Crippen LogP contribution in [0.2, 0.25) is 0 Å². The number of fused-ring (bicyclic) bond motifs is 1. The van der Waals surface area contributed by atoms with Crippen LogP contribution in [-0.2, 0) is 16.0 Å². The average Bonchev–Trinajstić information content (AvgIpc) is 2.96. The number of carbonyl (C=O) groups excluding carboxylic acids is 1. The lowest BCUT2D eigenvalue weighted by molar-refractivity contribution is -0.139. The number of thiophene rings is 1. The molecule has 0 atom stereocenters. The van der Waals surface area contributed by atoms with Gasteiger partial charge in [0, 0.05) is 14.2 Å². The summed E-state index contributed by atoms with van der Waals surface area (Å²) in [5, 5.41) is 2.40. The van der Waals surface area contributed by atoms with Crippen molar-refractivity contribution in [3.05, 3.63) is 57.9 Å². The van der Waals surface area contributed by atoms with E-state index in [1.807, 2.05) is 18.2 Å². The lowest BCUT2D eigenvalue weighted by Gasteiger charge is -2.06. The standard InChI is InChI=1S/C17H13BrO2S/c1-20-17(19)10-11-6-9-16(21-11)14-7-8-15(18)13-5-3-2-4-12(13)14/h2-9H,10H2,1H3. The van der Waals surface area contributed by atoms with Crippen LogP contribution in [-0.4, -0.2) is 13.1 Å². The van der Waals surface area contributed by atoms with Gasteiger partial charge in [0.15, 0.2) is 0 Å². The van der Waals surface area contributed by atoms with E-state index in [9.17, 15) is 4.79 Å². The second-order valence-electron chi connectivity index (χ2n) is 4.66. The lowest BCUT2D eigenvalue weighted by Crippen LogP contribution is -2.02. The molecule has 4 heteroatoms. The maximum absolute atomic E-state index is 11.4. The molecule has 1 aromatic heterocycles. The van der Waals surface area contributed by atoms with Gasteiger partial charge in [-0.2, -0.15) is 0 Å². The SMILES string of the molecule is COC(=O)Cc1ccc(-c2ccc(Br)c3ccccc23)s1. The number of rotatable bonds is 3. The summed E-state index contributed by atoms with van der Waals surface area (Å²) < 4.78 is 5.81. The fraction of sp³-hybridized carbons (Fsp3) is 0.118. The molecule has 0 unspecified atom stereocenters. The van der Waals surface area contributed by atoms with Gasteiger partial charge in [-0.25, -0.2) is 0 Å². The molecule has 0 aliphatic heterocycles. The first kappa shape index (κ1) is 14.3. The quantitative estimate of drug-likeness (QED) is 0.611. The maximum atomic E-state index is 11.4. The zero-order valence-corrected chi connectivity index (χ0v) is 13.8. The Balaban J connectivity index is 2.05. The van der Waals surface area contributed by atoms with E-state index in [2.05, 4.69) is 46.3 Å². The van der Waals surface area contributed by atoms with E-state index < -0.39 is 0 Å². The first-order valence-corrected chi connectivity index (χ1v) is 8.13. The number of esters is 1. The van der Waals surface area contributed by atoms with Crippen LogP contribution in [0.1, 0.15) is 4.88 Å². The number of carbonyl (C=O) groups is 1. The summed E-state index contributed by atoms with van der Waals surface area (Å²) >= 11 is 5.23. The highest BCUT2D eigenvalue weighted by molar-refractivity contribution is 9.10. The molecular formula is C17H13BrO2S. The van der Waals surface area contributed by atoms with Crippen LogP contribution in [0.5, 0.6) is 0 Å². The summed E-state index contributed by atoms with van der Waals surface area (Å²) in [6.07, 6.45) is 0.329. The van der Waals surface area contributed by atoms with Crippen LogP contribution in [0.4, 0.5) is 0 Å². The molecule has 0 amide bonds. The molecule has 0 aliphatic carbocycles. The van der Waals surface area contributed by atoms with Crippen molar-refractivity contribution >= 4 is 44.0 Å². The molecule has 3 aromatic rings. The molecular weight excluding hydrogens is 348 g/mol. The molecule has 2 nitrogen and oxygen atoms in total. The number of benzene rings is 2. The van der Waals surface area contributed by atoms with E-state index in [-0.39, 0.29) is 5.97 Å². The number of hydrogen-bond donors (Lipinski definition) is 0. The number of methoxy groups -OCH3 is 1. The molecule has 0 N–H and O–H groups in total. The van der Waals surface area contributed by atoms with E-state index >= 15 is 0 Å². The van der Waals surface area contributed by atoms with E-state index in [0.717, 1.165) is 14.2 Å². The first-order valence-electron chi connectivity index (χ1n) is 6.52. The van der Waals surface area contributed by atoms with Crippen molar-refractivity contribution in [1.29, 1.82) is 0 Å². The third-order valence-electron chi connectivity index (χ3n) is 3.34. The number of halogens is 1. The molecule has 0 spiro atoms. The van der Waals surface area contributed by atoms with Gasteiger partial charge in [0.25, 0.3) is 0 Å². The highest BCUT2D eigenvalue weighted by Crippen LogP contribution is 2.36. The molecule has 0 aliphatic rings. The summed E-state index contributed by atoms with van der Waals surface area (Å²) in [6.45, 7) is 0. The van der Waals surface area contributed by atoms with Crippen molar-refractivity contribution in [2.24, 2.45) is 0 Å². The van der Waals surface area contributed by atoms with Crippen LogP contribution in [0, 0.1) is 0 Å². The second-order valence-corrected chi connectivity index (χ2v) is 6.68. The summed E-state index contributed by atoms with van der Waals surface area (Å²) in [5.74, 6) is -0.205. The van der Waals surface area contributed by atoms with Crippen molar-refractivity contribution < 1.29 is 9.53 Å². The molecule has 2 aromatic carbocycles. The normalized spacial score (nSPS) is 10.8. The van der Waals surface area contributed by atoms with E-state index in [4.69, 9.17) is 4.74 Å². The van der Waals surface area contributed by atoms with E-state index in [1.165, 1.54) is 23.4 Å². The van der Waals surface area contributed by atoms with Crippen molar-refractivity contribution in [3.63, 3.8) is 0 Å². The molecule has 0 fully saturated rings. The van der Waals surface area contributed by atoms with Gasteiger partial charge in [0.05, 0.1) is 13.5 Å². The van der Waals surface area contributed by atoms with Gasteiger partial charge in [-0.15, -0.1) is 11.3 Å². The van der Waals surface area contributed by atoms with Crippen molar-refractivity contribution in [2.45, 2.75) is 6.42 Å². The zero-order chi connectivity index (χ0) is 14.8. The second kappa shape index (κ2) is 6.00. The van der Waals surface area contributed by atoms with Gasteiger partial charge >= 0.3 is 5.97 Å². The third-order valence-corrected chi connectivity index (χ3v) is 5.15. The first-order chi connectivity index (χ1) is 10.2. The van der Waals surface area contributed by atoms with Crippen molar-refractivity contribution in [3.8, 4) is 10.4 Å². The summed E-state index contributed by atoms with van der Waals surface area (Å²) in [4.78, 5) is 13.5. The Kier molecular flexibility index (Phi) is 4.08. The van der Waals surface area contributed by atoms with Crippen LogP contribution in [0.3, 0.4) is 0 Å². The van der Waals surface area contributed by atoms with Crippen molar-refractivity contribution in [2.75, 3.05) is 7.11 Å². The summed E-state index contributed by atoms with van der Waals surface area (Å²) in [7, 11) is 1.42. The molecule has 0 bridgehead atoms. The monoisotopic (exact) mass is 360 g/mol. The van der Waals surface area contributed by atoms with E-state index in [0.29, 0.717) is 6.42 Å². The minimum Gasteiger partial charge on any atom is -0.469 e. The Morgan fingerprint density at radius 3 is 2.62 bits per heavy atom. The smallest absolute Gasteiger partial charge is 0.310 e. The van der Waals surface area contributed by atoms with Crippen molar-refractivity contribution in [1.82, 2.24) is 0 Å². The highest BCUT2D eigenvalue weighted by atomic mass is 79.9. The maximum Gasteiger partial charge on any atom is 0.310 e. The van der Waals surface area contributed by atoms with Crippen LogP contribution >= 0.6 is 27.3 Å². The summed E-state index contributed by atoms with van der Waals surface area (Å²) in [5.41, 5.74) is 1.19. The molecule has 1 heterocycles. The molecule has 21 heavy (non-hydrogen) atoms. The minimum absolute atomic E-state index is 0.205. The number of hydrogen-bond acceptors (Lipinski definition) is 3. The van der Waals surface area contributed by atoms with Crippen LogP contribution < -0.4 is 0 Å². The van der Waals surface area contributed by atoms with Gasteiger partial charge < -0.3 is 4.74 Å². The molecule has 0 saturated heterocycles. The minimum atomic E-state index is -0.205. The molecule has 3 rings (SSSR count). The average molecular weight is 361 g/mol. The van der Waals surface area contributed by atoms with Gasteiger partial charge in [-0.3, -0.25) is 4.79 Å². The molecule has 106 valence electrons. The highest BCUT2D eigenvalue weighted by Gasteiger charge is 2.10. The summed E-state index contributed by atoms with van der Waals surface area (Å²) in [6, 6.07) is 16.5. The molecule has 0 radical (unpaired) electrons. The lowest BCUT2D eigenvalue weighted by atomic mass is 10.0. The van der Waals surface area contributed by atoms with Gasteiger partial charge in [0.1, 0.15) is 0 Å². The van der Waals surface area contributed by atoms with Gasteiger partial charge in [-0.1, -0.05) is 46.3 Å². The van der Waals surface area contributed by atoms with Gasteiger partial charge in [-0.05, 0) is 34.5 Å². The Morgan fingerprint density at radius 2 is 1.86 bits per heavy atom. The predicted octanol–water partition coefficient (Wildman–Crippen LogP) is 5.05. The molecule has 0 saturated carbocycles. The predicted molar refractivity (Wildman–Crippen MR) is 90.7 cm³/mol. The Morgan fingerprint density at radius 1 is 1.10 bits per heavy atom. The topological polar surface area (TPSA) is 26.3 Å². The Labute approximate surface area is 135 Å². The fourth-order valence-electron chi connectivity index (χ4n) is 2.31.